The van der Waals surface area contributed by atoms with E-state index in [1.807, 2.05) is 36.4 Å². The number of rotatable bonds is 3. The Bertz CT molecular complexity index is 496. The summed E-state index contributed by atoms with van der Waals surface area (Å²) in [5.74, 6) is 0.298. The molecule has 0 saturated carbocycles. The average molecular weight is 292 g/mol. The maximum Gasteiger partial charge on any atom is 0.115 e. The molecule has 0 aliphatic carbocycles. The first kappa shape index (κ1) is 12.0. The third kappa shape index (κ3) is 3.24. The van der Waals surface area contributed by atoms with Gasteiger partial charge in [0.1, 0.15) is 5.75 Å². The number of benzene rings is 2. The van der Waals surface area contributed by atoms with Crippen LogP contribution in [0.2, 0.25) is 0 Å². The second-order valence-corrected chi connectivity index (χ2v) is 4.88. The molecular formula is C14H14BrNO. The van der Waals surface area contributed by atoms with Crippen LogP contribution in [0.3, 0.4) is 0 Å². The normalized spacial score (nSPS) is 12.1. The third-order valence-electron chi connectivity index (χ3n) is 2.60. The van der Waals surface area contributed by atoms with E-state index in [9.17, 15) is 5.11 Å². The van der Waals surface area contributed by atoms with Gasteiger partial charge in [-0.2, -0.15) is 0 Å². The number of anilines is 1. The van der Waals surface area contributed by atoms with E-state index in [2.05, 4.69) is 28.2 Å². The summed E-state index contributed by atoms with van der Waals surface area (Å²) >= 11 is 3.41. The standard InChI is InChI=1S/C14H14BrNO/c1-10(11-3-2-4-14(17)9-11)16-13-7-5-12(15)6-8-13/h2-10,16-17H,1H3. The molecule has 0 aliphatic heterocycles. The van der Waals surface area contributed by atoms with Gasteiger partial charge in [0.15, 0.2) is 0 Å². The molecule has 2 rings (SSSR count). The Labute approximate surface area is 109 Å². The molecule has 88 valence electrons. The predicted molar refractivity (Wildman–Crippen MR) is 74.3 cm³/mol. The molecule has 0 heterocycles. The van der Waals surface area contributed by atoms with E-state index < -0.39 is 0 Å². The summed E-state index contributed by atoms with van der Waals surface area (Å²) in [4.78, 5) is 0. The molecule has 0 aromatic heterocycles. The second kappa shape index (κ2) is 5.23. The van der Waals surface area contributed by atoms with Crippen molar-refractivity contribution in [3.8, 4) is 5.75 Å². The van der Waals surface area contributed by atoms with Crippen LogP contribution in [0.15, 0.2) is 53.0 Å². The zero-order chi connectivity index (χ0) is 12.3. The molecule has 3 heteroatoms. The van der Waals surface area contributed by atoms with Crippen molar-refractivity contribution in [3.63, 3.8) is 0 Å². The van der Waals surface area contributed by atoms with E-state index >= 15 is 0 Å². The van der Waals surface area contributed by atoms with Crippen molar-refractivity contribution in [3.05, 3.63) is 58.6 Å². The van der Waals surface area contributed by atoms with Crippen LogP contribution >= 0.6 is 15.9 Å². The van der Waals surface area contributed by atoms with E-state index in [-0.39, 0.29) is 6.04 Å². The molecule has 0 spiro atoms. The highest BCUT2D eigenvalue weighted by Gasteiger charge is 2.05. The van der Waals surface area contributed by atoms with Gasteiger partial charge in [-0.05, 0) is 48.9 Å². The fourth-order valence-electron chi connectivity index (χ4n) is 1.67. The smallest absolute Gasteiger partial charge is 0.115 e. The van der Waals surface area contributed by atoms with Crippen LogP contribution in [0.4, 0.5) is 5.69 Å². The fourth-order valence-corrected chi connectivity index (χ4v) is 1.94. The van der Waals surface area contributed by atoms with Crippen molar-refractivity contribution < 1.29 is 5.11 Å². The van der Waals surface area contributed by atoms with Crippen LogP contribution in [-0.4, -0.2) is 5.11 Å². The number of aromatic hydroxyl groups is 1. The summed E-state index contributed by atoms with van der Waals surface area (Å²) in [5, 5.41) is 12.8. The van der Waals surface area contributed by atoms with Crippen molar-refractivity contribution in [2.75, 3.05) is 5.32 Å². The summed E-state index contributed by atoms with van der Waals surface area (Å²) < 4.78 is 1.06. The van der Waals surface area contributed by atoms with Crippen molar-refractivity contribution in [1.29, 1.82) is 0 Å². The van der Waals surface area contributed by atoms with Gasteiger partial charge in [0.25, 0.3) is 0 Å². The van der Waals surface area contributed by atoms with Crippen LogP contribution < -0.4 is 5.32 Å². The SMILES string of the molecule is CC(Nc1ccc(Br)cc1)c1cccc(O)c1. The Balaban J connectivity index is 2.11. The molecule has 0 amide bonds. The topological polar surface area (TPSA) is 32.3 Å². The van der Waals surface area contributed by atoms with Crippen LogP contribution in [0.25, 0.3) is 0 Å². The molecular weight excluding hydrogens is 278 g/mol. The second-order valence-electron chi connectivity index (χ2n) is 3.97. The van der Waals surface area contributed by atoms with E-state index in [0.717, 1.165) is 15.7 Å². The van der Waals surface area contributed by atoms with E-state index in [4.69, 9.17) is 0 Å². The van der Waals surface area contributed by atoms with Crippen LogP contribution in [0.5, 0.6) is 5.75 Å². The zero-order valence-electron chi connectivity index (χ0n) is 9.52. The first-order valence-corrected chi connectivity index (χ1v) is 6.25. The van der Waals surface area contributed by atoms with Crippen molar-refractivity contribution >= 4 is 21.6 Å². The lowest BCUT2D eigenvalue weighted by molar-refractivity contribution is 0.474. The number of hydrogen-bond donors (Lipinski definition) is 2. The van der Waals surface area contributed by atoms with Crippen LogP contribution in [0, 0.1) is 0 Å². The maximum atomic E-state index is 9.43. The molecule has 0 fully saturated rings. The van der Waals surface area contributed by atoms with Gasteiger partial charge in [0, 0.05) is 16.2 Å². The molecule has 2 nitrogen and oxygen atoms in total. The summed E-state index contributed by atoms with van der Waals surface area (Å²) in [6, 6.07) is 15.5. The summed E-state index contributed by atoms with van der Waals surface area (Å²) in [7, 11) is 0. The van der Waals surface area contributed by atoms with Gasteiger partial charge in [0.2, 0.25) is 0 Å². The minimum absolute atomic E-state index is 0.156. The van der Waals surface area contributed by atoms with Gasteiger partial charge >= 0.3 is 0 Å². The number of phenols is 1. The fraction of sp³-hybridized carbons (Fsp3) is 0.143. The van der Waals surface area contributed by atoms with Gasteiger partial charge < -0.3 is 10.4 Å². The Morgan fingerprint density at radius 3 is 2.47 bits per heavy atom. The Morgan fingerprint density at radius 1 is 1.12 bits per heavy atom. The number of hydrogen-bond acceptors (Lipinski definition) is 2. The number of phenolic OH excluding ortho intramolecular Hbond substituents is 1. The Kier molecular flexibility index (Phi) is 3.69. The minimum atomic E-state index is 0.156. The average Bonchev–Trinajstić information content (AvgIpc) is 2.32. The molecule has 2 N–H and O–H groups in total. The van der Waals surface area contributed by atoms with Crippen LogP contribution in [-0.2, 0) is 0 Å². The van der Waals surface area contributed by atoms with Gasteiger partial charge in [-0.1, -0.05) is 28.1 Å². The summed E-state index contributed by atoms with van der Waals surface area (Å²) in [5.41, 5.74) is 2.12. The lowest BCUT2D eigenvalue weighted by Gasteiger charge is -2.16. The quantitative estimate of drug-likeness (QED) is 0.882. The zero-order valence-corrected chi connectivity index (χ0v) is 11.1. The predicted octanol–water partition coefficient (Wildman–Crippen LogP) is 4.33. The van der Waals surface area contributed by atoms with Gasteiger partial charge in [-0.15, -0.1) is 0 Å². The molecule has 2 aromatic rings. The third-order valence-corrected chi connectivity index (χ3v) is 3.13. The van der Waals surface area contributed by atoms with Crippen molar-refractivity contribution in [1.82, 2.24) is 0 Å². The number of nitrogens with one attached hydrogen (secondary N) is 1. The highest BCUT2D eigenvalue weighted by Crippen LogP contribution is 2.23. The van der Waals surface area contributed by atoms with E-state index in [1.54, 1.807) is 12.1 Å². The Hall–Kier alpha value is -1.48. The molecule has 0 bridgehead atoms. The highest BCUT2D eigenvalue weighted by atomic mass is 79.9. The van der Waals surface area contributed by atoms with Gasteiger partial charge in [0.05, 0.1) is 0 Å². The van der Waals surface area contributed by atoms with Crippen molar-refractivity contribution in [2.24, 2.45) is 0 Å². The molecule has 0 radical (unpaired) electrons. The first-order chi connectivity index (χ1) is 8.15. The molecule has 1 unspecified atom stereocenters. The lowest BCUT2D eigenvalue weighted by atomic mass is 10.1. The van der Waals surface area contributed by atoms with E-state index in [1.165, 1.54) is 0 Å². The highest BCUT2D eigenvalue weighted by molar-refractivity contribution is 9.10. The molecule has 17 heavy (non-hydrogen) atoms. The lowest BCUT2D eigenvalue weighted by Crippen LogP contribution is -2.06. The van der Waals surface area contributed by atoms with Crippen LogP contribution in [0.1, 0.15) is 18.5 Å². The molecule has 0 aliphatic rings. The molecule has 2 aromatic carbocycles. The maximum absolute atomic E-state index is 9.43. The monoisotopic (exact) mass is 291 g/mol. The summed E-state index contributed by atoms with van der Waals surface area (Å²) in [6.45, 7) is 2.07. The van der Waals surface area contributed by atoms with Gasteiger partial charge in [-0.25, -0.2) is 0 Å². The summed E-state index contributed by atoms with van der Waals surface area (Å²) in [6.07, 6.45) is 0. The Morgan fingerprint density at radius 2 is 1.82 bits per heavy atom. The van der Waals surface area contributed by atoms with Crippen molar-refractivity contribution in [2.45, 2.75) is 13.0 Å². The number of halogens is 1. The minimum Gasteiger partial charge on any atom is -0.508 e. The molecule has 1 atom stereocenters. The largest absolute Gasteiger partial charge is 0.508 e. The van der Waals surface area contributed by atoms with E-state index in [0.29, 0.717) is 5.75 Å². The first-order valence-electron chi connectivity index (χ1n) is 5.46. The molecule has 0 saturated heterocycles. The van der Waals surface area contributed by atoms with Gasteiger partial charge in [-0.3, -0.25) is 0 Å².